The molecule has 0 radical (unpaired) electrons. The van der Waals surface area contributed by atoms with Gasteiger partial charge in [-0.25, -0.2) is 4.98 Å². The SMILES string of the molecule is CCc1cnc(CN2CCC(NC)C2=O)s1. The molecule has 88 valence electrons. The monoisotopic (exact) mass is 239 g/mol. The molecule has 1 unspecified atom stereocenters. The van der Waals surface area contributed by atoms with Crippen molar-refractivity contribution in [3.05, 3.63) is 16.1 Å². The fraction of sp³-hybridized carbons (Fsp3) is 0.636. The van der Waals surface area contributed by atoms with Crippen molar-refractivity contribution in [2.45, 2.75) is 32.4 Å². The summed E-state index contributed by atoms with van der Waals surface area (Å²) in [5.41, 5.74) is 0. The predicted molar refractivity (Wildman–Crippen MR) is 64.4 cm³/mol. The minimum Gasteiger partial charge on any atom is -0.335 e. The van der Waals surface area contributed by atoms with Crippen molar-refractivity contribution in [3.8, 4) is 0 Å². The van der Waals surface area contributed by atoms with E-state index in [0.29, 0.717) is 6.54 Å². The summed E-state index contributed by atoms with van der Waals surface area (Å²) in [6.07, 6.45) is 3.84. The van der Waals surface area contributed by atoms with Crippen LogP contribution in [0.5, 0.6) is 0 Å². The molecule has 0 aliphatic carbocycles. The standard InChI is InChI=1S/C11H17N3OS/c1-3-8-6-13-10(16-8)7-14-5-4-9(12-2)11(14)15/h6,9,12H,3-5,7H2,1-2H3. The number of nitrogens with one attached hydrogen (secondary N) is 1. The van der Waals surface area contributed by atoms with Gasteiger partial charge in [-0.15, -0.1) is 11.3 Å². The van der Waals surface area contributed by atoms with Gasteiger partial charge in [-0.05, 0) is 19.9 Å². The number of hydrogen-bond acceptors (Lipinski definition) is 4. The summed E-state index contributed by atoms with van der Waals surface area (Å²) in [7, 11) is 1.84. The summed E-state index contributed by atoms with van der Waals surface area (Å²) in [4.78, 5) is 19.4. The number of rotatable bonds is 4. The molecule has 0 spiro atoms. The van der Waals surface area contributed by atoms with Crippen molar-refractivity contribution in [1.82, 2.24) is 15.2 Å². The number of nitrogens with zero attached hydrogens (tertiary/aromatic N) is 2. The third-order valence-electron chi connectivity index (χ3n) is 2.92. The highest BCUT2D eigenvalue weighted by Gasteiger charge is 2.30. The van der Waals surface area contributed by atoms with Crippen LogP contribution in [0.1, 0.15) is 23.2 Å². The maximum Gasteiger partial charge on any atom is 0.240 e. The first-order chi connectivity index (χ1) is 7.74. The molecule has 2 heterocycles. The van der Waals surface area contributed by atoms with Gasteiger partial charge in [0.05, 0.1) is 12.6 Å². The Kier molecular flexibility index (Phi) is 3.56. The second-order valence-corrected chi connectivity index (χ2v) is 5.16. The van der Waals surface area contributed by atoms with Gasteiger partial charge < -0.3 is 10.2 Å². The van der Waals surface area contributed by atoms with E-state index in [-0.39, 0.29) is 11.9 Å². The summed E-state index contributed by atoms with van der Waals surface area (Å²) >= 11 is 1.71. The molecule has 5 heteroatoms. The molecule has 1 aromatic rings. The lowest BCUT2D eigenvalue weighted by Gasteiger charge is -2.14. The summed E-state index contributed by atoms with van der Waals surface area (Å²) in [6.45, 7) is 3.63. The molecule has 0 bridgehead atoms. The van der Waals surface area contributed by atoms with Crippen LogP contribution in [0, 0.1) is 0 Å². The Hall–Kier alpha value is -0.940. The van der Waals surface area contributed by atoms with Gasteiger partial charge in [0.2, 0.25) is 5.91 Å². The number of aromatic nitrogens is 1. The minimum atomic E-state index is 0.00519. The molecule has 1 N–H and O–H groups in total. The number of thiazole rings is 1. The van der Waals surface area contributed by atoms with Gasteiger partial charge in [0.25, 0.3) is 0 Å². The van der Waals surface area contributed by atoms with Gasteiger partial charge in [0.15, 0.2) is 0 Å². The van der Waals surface area contributed by atoms with E-state index in [1.165, 1.54) is 4.88 Å². The third kappa shape index (κ3) is 2.25. The summed E-state index contributed by atoms with van der Waals surface area (Å²) in [5, 5.41) is 4.08. The summed E-state index contributed by atoms with van der Waals surface area (Å²) < 4.78 is 0. The van der Waals surface area contributed by atoms with Crippen LogP contribution in [0.4, 0.5) is 0 Å². The lowest BCUT2D eigenvalue weighted by molar-refractivity contribution is -0.129. The average Bonchev–Trinajstić information content (AvgIpc) is 2.88. The van der Waals surface area contributed by atoms with E-state index in [4.69, 9.17) is 0 Å². The highest BCUT2D eigenvalue weighted by Crippen LogP contribution is 2.19. The lowest BCUT2D eigenvalue weighted by Crippen LogP contribution is -2.35. The Morgan fingerprint density at radius 2 is 2.50 bits per heavy atom. The molecule has 1 aliphatic rings. The number of aryl methyl sites for hydroxylation is 1. The molecule has 0 saturated carbocycles. The molecule has 4 nitrogen and oxygen atoms in total. The minimum absolute atomic E-state index is 0.00519. The first-order valence-corrected chi connectivity index (χ1v) is 6.46. The summed E-state index contributed by atoms with van der Waals surface area (Å²) in [6, 6.07) is 0.00519. The first-order valence-electron chi connectivity index (χ1n) is 5.64. The van der Waals surface area contributed by atoms with Crippen LogP contribution in [0.25, 0.3) is 0 Å². The topological polar surface area (TPSA) is 45.2 Å². The van der Waals surface area contributed by atoms with Crippen LogP contribution in [0.2, 0.25) is 0 Å². The zero-order chi connectivity index (χ0) is 11.5. The van der Waals surface area contributed by atoms with E-state index in [1.807, 2.05) is 18.1 Å². The largest absolute Gasteiger partial charge is 0.335 e. The number of carbonyl (C=O) groups excluding carboxylic acids is 1. The van der Waals surface area contributed by atoms with Crippen molar-refractivity contribution < 1.29 is 4.79 Å². The number of likely N-dealkylation sites (tertiary alicyclic amines) is 1. The normalized spacial score (nSPS) is 20.8. The molecule has 1 aliphatic heterocycles. The van der Waals surface area contributed by atoms with E-state index < -0.39 is 0 Å². The zero-order valence-corrected chi connectivity index (χ0v) is 10.5. The van der Waals surface area contributed by atoms with Crippen molar-refractivity contribution in [2.75, 3.05) is 13.6 Å². The van der Waals surface area contributed by atoms with Gasteiger partial charge >= 0.3 is 0 Å². The van der Waals surface area contributed by atoms with Crippen LogP contribution in [-0.4, -0.2) is 35.4 Å². The second-order valence-electron chi connectivity index (χ2n) is 3.96. The number of carbonyl (C=O) groups is 1. The molecular weight excluding hydrogens is 222 g/mol. The van der Waals surface area contributed by atoms with Gasteiger partial charge in [0.1, 0.15) is 5.01 Å². The van der Waals surface area contributed by atoms with Crippen molar-refractivity contribution >= 4 is 17.2 Å². The van der Waals surface area contributed by atoms with Crippen molar-refractivity contribution in [2.24, 2.45) is 0 Å². The van der Waals surface area contributed by atoms with E-state index in [2.05, 4.69) is 17.2 Å². The van der Waals surface area contributed by atoms with Gasteiger partial charge in [0, 0.05) is 17.6 Å². The second kappa shape index (κ2) is 4.93. The maximum atomic E-state index is 11.9. The van der Waals surface area contributed by atoms with Gasteiger partial charge in [-0.3, -0.25) is 4.79 Å². The molecule has 1 aromatic heterocycles. The molecule has 0 aromatic carbocycles. The Balaban J connectivity index is 1.98. The fourth-order valence-electron chi connectivity index (χ4n) is 1.91. The van der Waals surface area contributed by atoms with Gasteiger partial charge in [-0.2, -0.15) is 0 Å². The highest BCUT2D eigenvalue weighted by molar-refractivity contribution is 7.11. The number of likely N-dealkylation sites (N-methyl/N-ethyl adjacent to an activating group) is 1. The maximum absolute atomic E-state index is 11.9. The Labute approximate surface area is 99.7 Å². The smallest absolute Gasteiger partial charge is 0.240 e. The quantitative estimate of drug-likeness (QED) is 0.853. The lowest BCUT2D eigenvalue weighted by atomic mass is 10.3. The molecular formula is C11H17N3OS. The molecule has 1 saturated heterocycles. The van der Waals surface area contributed by atoms with Gasteiger partial charge in [-0.1, -0.05) is 6.92 Å². The predicted octanol–water partition coefficient (Wildman–Crippen LogP) is 1.03. The van der Waals surface area contributed by atoms with E-state index in [1.54, 1.807) is 11.3 Å². The summed E-state index contributed by atoms with van der Waals surface area (Å²) in [5.74, 6) is 0.204. The molecule has 1 fully saturated rings. The van der Waals surface area contributed by atoms with E-state index >= 15 is 0 Å². The van der Waals surface area contributed by atoms with E-state index in [0.717, 1.165) is 24.4 Å². The first kappa shape index (κ1) is 11.5. The molecule has 1 atom stereocenters. The average molecular weight is 239 g/mol. The Bertz CT molecular complexity index is 377. The zero-order valence-electron chi connectivity index (χ0n) is 9.69. The molecule has 16 heavy (non-hydrogen) atoms. The Morgan fingerprint density at radius 1 is 1.69 bits per heavy atom. The van der Waals surface area contributed by atoms with Crippen LogP contribution in [0.3, 0.4) is 0 Å². The van der Waals surface area contributed by atoms with Crippen LogP contribution < -0.4 is 5.32 Å². The van der Waals surface area contributed by atoms with Crippen LogP contribution in [0.15, 0.2) is 6.20 Å². The van der Waals surface area contributed by atoms with E-state index in [9.17, 15) is 4.79 Å². The number of amides is 1. The van der Waals surface area contributed by atoms with Crippen molar-refractivity contribution in [1.29, 1.82) is 0 Å². The highest BCUT2D eigenvalue weighted by atomic mass is 32.1. The molecule has 2 rings (SSSR count). The third-order valence-corrected chi connectivity index (χ3v) is 4.05. The fourth-order valence-corrected chi connectivity index (χ4v) is 2.79. The van der Waals surface area contributed by atoms with Crippen LogP contribution in [-0.2, 0) is 17.8 Å². The van der Waals surface area contributed by atoms with Crippen LogP contribution >= 0.6 is 11.3 Å². The number of hydrogen-bond donors (Lipinski definition) is 1. The molecule has 1 amide bonds. The van der Waals surface area contributed by atoms with Crippen molar-refractivity contribution in [3.63, 3.8) is 0 Å². The Morgan fingerprint density at radius 3 is 3.06 bits per heavy atom.